The van der Waals surface area contributed by atoms with E-state index in [1.165, 1.54) is 12.1 Å². The van der Waals surface area contributed by atoms with Crippen molar-refractivity contribution < 1.29 is 9.21 Å². The summed E-state index contributed by atoms with van der Waals surface area (Å²) >= 11 is 0. The van der Waals surface area contributed by atoms with Gasteiger partial charge in [0.1, 0.15) is 5.76 Å². The first-order valence-electron chi connectivity index (χ1n) is 7.36. The molecule has 6 heteroatoms. The summed E-state index contributed by atoms with van der Waals surface area (Å²) in [6.45, 7) is 5.72. The summed E-state index contributed by atoms with van der Waals surface area (Å²) in [6.07, 6.45) is 0.951. The fourth-order valence-corrected chi connectivity index (χ4v) is 3.27. The van der Waals surface area contributed by atoms with Gasteiger partial charge in [-0.1, -0.05) is 0 Å². The van der Waals surface area contributed by atoms with E-state index in [9.17, 15) is 9.59 Å². The molecular formula is C15H21N3O3. The Labute approximate surface area is 123 Å². The zero-order valence-electron chi connectivity index (χ0n) is 12.5. The summed E-state index contributed by atoms with van der Waals surface area (Å²) in [7, 11) is 2.13. The number of hydrogen-bond acceptors (Lipinski definition) is 5. The fraction of sp³-hybridized carbons (Fsp3) is 0.600. The Morgan fingerprint density at radius 2 is 2.14 bits per heavy atom. The highest BCUT2D eigenvalue weighted by Gasteiger charge is 2.36. The van der Waals surface area contributed by atoms with Gasteiger partial charge in [-0.25, -0.2) is 0 Å². The zero-order chi connectivity index (χ0) is 15.0. The second kappa shape index (κ2) is 5.61. The maximum Gasteiger partial charge on any atom is 0.287 e. The van der Waals surface area contributed by atoms with Gasteiger partial charge in [0.15, 0.2) is 11.2 Å². The molecule has 2 saturated heterocycles. The van der Waals surface area contributed by atoms with Crippen LogP contribution in [0.4, 0.5) is 0 Å². The molecule has 0 bridgehead atoms. The molecule has 2 aliphatic heterocycles. The lowest BCUT2D eigenvalue weighted by molar-refractivity contribution is 0.0904. The zero-order valence-corrected chi connectivity index (χ0v) is 12.5. The number of carbonyl (C=O) groups is 1. The van der Waals surface area contributed by atoms with Gasteiger partial charge in [0.2, 0.25) is 0 Å². The molecule has 2 fully saturated rings. The summed E-state index contributed by atoms with van der Waals surface area (Å²) < 4.78 is 5.33. The van der Waals surface area contributed by atoms with Crippen molar-refractivity contribution in [3.8, 4) is 0 Å². The van der Waals surface area contributed by atoms with Gasteiger partial charge in [-0.2, -0.15) is 0 Å². The number of aryl methyl sites for hydroxylation is 1. The molecule has 0 aromatic carbocycles. The second-order valence-corrected chi connectivity index (χ2v) is 6.09. The lowest BCUT2D eigenvalue weighted by Crippen LogP contribution is -2.48. The minimum absolute atomic E-state index is 0.0991. The monoisotopic (exact) mass is 291 g/mol. The van der Waals surface area contributed by atoms with Gasteiger partial charge in [-0.3, -0.25) is 14.5 Å². The van der Waals surface area contributed by atoms with Crippen LogP contribution in [0.5, 0.6) is 0 Å². The highest BCUT2D eigenvalue weighted by Crippen LogP contribution is 2.21. The van der Waals surface area contributed by atoms with Crippen molar-refractivity contribution in [3.63, 3.8) is 0 Å². The van der Waals surface area contributed by atoms with E-state index in [2.05, 4.69) is 22.2 Å². The predicted molar refractivity (Wildman–Crippen MR) is 78.4 cm³/mol. The summed E-state index contributed by atoms with van der Waals surface area (Å²) in [5.74, 6) is 0.258. The van der Waals surface area contributed by atoms with Crippen LogP contribution in [0.1, 0.15) is 22.7 Å². The number of hydrogen-bond donors (Lipinski definition) is 1. The predicted octanol–water partition coefficient (Wildman–Crippen LogP) is 0.0663. The van der Waals surface area contributed by atoms with Crippen molar-refractivity contribution >= 4 is 5.91 Å². The molecule has 0 spiro atoms. The van der Waals surface area contributed by atoms with Crippen LogP contribution < -0.4 is 10.7 Å². The van der Waals surface area contributed by atoms with Crippen LogP contribution >= 0.6 is 0 Å². The first-order valence-corrected chi connectivity index (χ1v) is 7.36. The average molecular weight is 291 g/mol. The first-order chi connectivity index (χ1) is 10.0. The molecule has 0 radical (unpaired) electrons. The standard InChI is InChI=1S/C15H21N3O3/c1-10-5-13(19)7-14(21-10)15(20)16-11-6-12-9-17(2)3-4-18(12)8-11/h5,7,11-12H,3-4,6,8-9H2,1-2H3,(H,16,20)/t11-,12-/m0/s1. The normalized spacial score (nSPS) is 26.6. The number of carbonyl (C=O) groups excluding carboxylic acids is 1. The maximum absolute atomic E-state index is 12.2. The third kappa shape index (κ3) is 3.16. The Morgan fingerprint density at radius 3 is 2.90 bits per heavy atom. The number of nitrogens with zero attached hydrogens (tertiary/aromatic N) is 2. The van der Waals surface area contributed by atoms with Crippen molar-refractivity contribution in [2.45, 2.75) is 25.4 Å². The highest BCUT2D eigenvalue weighted by molar-refractivity contribution is 5.91. The average Bonchev–Trinajstić information content (AvgIpc) is 2.78. The van der Waals surface area contributed by atoms with E-state index in [-0.39, 0.29) is 23.1 Å². The molecular weight excluding hydrogens is 270 g/mol. The van der Waals surface area contributed by atoms with Gasteiger partial charge in [0.05, 0.1) is 0 Å². The molecule has 0 aliphatic carbocycles. The SMILES string of the molecule is Cc1cc(=O)cc(C(=O)N[C@H]2C[C@H]3CN(C)CCN3C2)o1. The number of piperazine rings is 1. The van der Waals surface area contributed by atoms with Crippen LogP contribution in [0.15, 0.2) is 21.3 Å². The van der Waals surface area contributed by atoms with Crippen molar-refractivity contribution in [1.82, 2.24) is 15.1 Å². The highest BCUT2D eigenvalue weighted by atomic mass is 16.3. The van der Waals surface area contributed by atoms with E-state index in [0.717, 1.165) is 32.6 Å². The Balaban J connectivity index is 1.64. The van der Waals surface area contributed by atoms with E-state index >= 15 is 0 Å². The largest absolute Gasteiger partial charge is 0.456 e. The number of rotatable bonds is 2. The molecule has 114 valence electrons. The lowest BCUT2D eigenvalue weighted by Gasteiger charge is -2.34. The number of likely N-dealkylation sites (N-methyl/N-ethyl adjacent to an activating group) is 1. The Morgan fingerprint density at radius 1 is 1.33 bits per heavy atom. The molecule has 1 aromatic rings. The summed E-state index contributed by atoms with van der Waals surface area (Å²) in [4.78, 5) is 28.4. The molecule has 21 heavy (non-hydrogen) atoms. The molecule has 1 aromatic heterocycles. The maximum atomic E-state index is 12.2. The second-order valence-electron chi connectivity index (χ2n) is 6.09. The van der Waals surface area contributed by atoms with Gasteiger partial charge >= 0.3 is 0 Å². The number of fused-ring (bicyclic) bond motifs is 1. The van der Waals surface area contributed by atoms with Gasteiger partial charge < -0.3 is 14.6 Å². The van der Waals surface area contributed by atoms with E-state index in [1.807, 2.05) is 0 Å². The lowest BCUT2D eigenvalue weighted by atomic mass is 10.1. The minimum atomic E-state index is -0.297. The summed E-state index contributed by atoms with van der Waals surface area (Å²) in [5.41, 5.74) is -0.200. The van der Waals surface area contributed by atoms with Crippen molar-refractivity contribution in [3.05, 3.63) is 33.9 Å². The smallest absolute Gasteiger partial charge is 0.287 e. The van der Waals surface area contributed by atoms with Crippen molar-refractivity contribution in [2.24, 2.45) is 0 Å². The van der Waals surface area contributed by atoms with E-state index in [4.69, 9.17) is 4.42 Å². The van der Waals surface area contributed by atoms with Crippen LogP contribution in [-0.4, -0.2) is 61.0 Å². The molecule has 1 N–H and O–H groups in total. The quantitative estimate of drug-likeness (QED) is 0.835. The van der Waals surface area contributed by atoms with Crippen LogP contribution in [0, 0.1) is 6.92 Å². The van der Waals surface area contributed by atoms with Crippen LogP contribution in [-0.2, 0) is 0 Å². The molecule has 0 unspecified atom stereocenters. The third-order valence-corrected chi connectivity index (χ3v) is 4.27. The number of nitrogens with one attached hydrogen (secondary N) is 1. The summed E-state index contributed by atoms with van der Waals surface area (Å²) in [6, 6.07) is 3.26. The van der Waals surface area contributed by atoms with Gasteiger partial charge in [-0.05, 0) is 20.4 Å². The molecule has 2 atom stereocenters. The van der Waals surface area contributed by atoms with Gasteiger partial charge in [0, 0.05) is 50.4 Å². The molecule has 6 nitrogen and oxygen atoms in total. The van der Waals surface area contributed by atoms with Crippen molar-refractivity contribution in [1.29, 1.82) is 0 Å². The van der Waals surface area contributed by atoms with Crippen molar-refractivity contribution in [2.75, 3.05) is 33.2 Å². The van der Waals surface area contributed by atoms with Gasteiger partial charge in [-0.15, -0.1) is 0 Å². The molecule has 3 heterocycles. The topological polar surface area (TPSA) is 65.8 Å². The Kier molecular flexibility index (Phi) is 3.82. The number of amides is 1. The summed E-state index contributed by atoms with van der Waals surface area (Å²) in [5, 5.41) is 2.99. The minimum Gasteiger partial charge on any atom is -0.456 e. The van der Waals surface area contributed by atoms with Crippen LogP contribution in [0.3, 0.4) is 0 Å². The Hall–Kier alpha value is -1.66. The first kappa shape index (κ1) is 14.3. The van der Waals surface area contributed by atoms with Crippen LogP contribution in [0.25, 0.3) is 0 Å². The Bertz CT molecular complexity index is 598. The third-order valence-electron chi connectivity index (χ3n) is 4.27. The van der Waals surface area contributed by atoms with Gasteiger partial charge in [0.25, 0.3) is 5.91 Å². The van der Waals surface area contributed by atoms with E-state index in [0.29, 0.717) is 11.8 Å². The fourth-order valence-electron chi connectivity index (χ4n) is 3.27. The van der Waals surface area contributed by atoms with E-state index in [1.54, 1.807) is 6.92 Å². The van der Waals surface area contributed by atoms with E-state index < -0.39 is 0 Å². The molecule has 3 rings (SSSR count). The van der Waals surface area contributed by atoms with Crippen LogP contribution in [0.2, 0.25) is 0 Å². The molecule has 0 saturated carbocycles. The molecule has 1 amide bonds. The molecule has 2 aliphatic rings.